The van der Waals surface area contributed by atoms with E-state index in [2.05, 4.69) is 6.58 Å². The molecular weight excluding hydrogens is 455 g/mol. The van der Waals surface area contributed by atoms with Crippen molar-refractivity contribution in [2.45, 2.75) is 63.6 Å². The molecule has 0 unspecified atom stereocenters. The van der Waals surface area contributed by atoms with Gasteiger partial charge in [0.2, 0.25) is 5.79 Å². The maximum atomic E-state index is 14.0. The molecule has 4 saturated carbocycles. The average Bonchev–Trinajstić information content (AvgIpc) is 2.93. The first-order valence-corrected chi connectivity index (χ1v) is 12.4. The summed E-state index contributed by atoms with van der Waals surface area (Å²) in [6.07, 6.45) is -1.34. The van der Waals surface area contributed by atoms with Gasteiger partial charge in [0.15, 0.2) is 5.78 Å². The van der Waals surface area contributed by atoms with Crippen LogP contribution >= 0.6 is 0 Å². The lowest BCUT2D eigenvalue weighted by atomic mass is 9.35. The zero-order valence-electron chi connectivity index (χ0n) is 19.9. The van der Waals surface area contributed by atoms with Gasteiger partial charge in [0.1, 0.15) is 23.4 Å². The van der Waals surface area contributed by atoms with Gasteiger partial charge in [-0.25, -0.2) is 9.18 Å². The number of carbonyl (C=O) groups excluding carboxylic acids is 2. The molecular formula is C27H31FO7. The van der Waals surface area contributed by atoms with Crippen LogP contribution in [0.15, 0.2) is 36.4 Å². The van der Waals surface area contributed by atoms with E-state index in [-0.39, 0.29) is 17.7 Å². The van der Waals surface area contributed by atoms with E-state index < -0.39 is 75.7 Å². The van der Waals surface area contributed by atoms with E-state index in [0.717, 1.165) is 12.1 Å². The van der Waals surface area contributed by atoms with Crippen molar-refractivity contribution >= 4 is 11.8 Å². The molecule has 2 spiro atoms. The van der Waals surface area contributed by atoms with Gasteiger partial charge in [-0.2, -0.15) is 0 Å². The molecule has 9 atom stereocenters. The summed E-state index contributed by atoms with van der Waals surface area (Å²) in [5, 5.41) is 35.3. The summed E-state index contributed by atoms with van der Waals surface area (Å²) >= 11 is 0. The fourth-order valence-electron chi connectivity index (χ4n) is 8.81. The van der Waals surface area contributed by atoms with E-state index in [1.165, 1.54) is 12.1 Å². The van der Waals surface area contributed by atoms with Crippen LogP contribution in [0.1, 0.15) is 49.9 Å². The molecule has 3 N–H and O–H groups in total. The van der Waals surface area contributed by atoms with Gasteiger partial charge in [0, 0.05) is 17.3 Å². The molecule has 4 bridgehead atoms. The third kappa shape index (κ3) is 2.49. The van der Waals surface area contributed by atoms with Crippen molar-refractivity contribution in [2.24, 2.45) is 34.0 Å². The first kappa shape index (κ1) is 23.3. The van der Waals surface area contributed by atoms with Gasteiger partial charge in [0.05, 0.1) is 18.3 Å². The van der Waals surface area contributed by atoms with Crippen LogP contribution in [0.5, 0.6) is 0 Å². The second kappa shape index (κ2) is 7.00. The van der Waals surface area contributed by atoms with E-state index >= 15 is 0 Å². The Hall–Kier alpha value is -2.13. The van der Waals surface area contributed by atoms with Crippen LogP contribution in [0.3, 0.4) is 0 Å². The summed E-state index contributed by atoms with van der Waals surface area (Å²) in [6, 6.07) is 4.88. The van der Waals surface area contributed by atoms with Crippen molar-refractivity contribution < 1.29 is 38.8 Å². The predicted octanol–water partition coefficient (Wildman–Crippen LogP) is 2.38. The third-order valence-electron chi connectivity index (χ3n) is 10.2. The number of rotatable bonds is 2. The number of hydrogen-bond donors (Lipinski definition) is 3. The second-order valence-electron chi connectivity index (χ2n) is 11.9. The van der Waals surface area contributed by atoms with Gasteiger partial charge in [-0.1, -0.05) is 20.4 Å². The quantitative estimate of drug-likeness (QED) is 0.435. The zero-order valence-corrected chi connectivity index (χ0v) is 19.9. The number of ether oxygens (including phenoxy) is 2. The molecule has 0 radical (unpaired) electrons. The fourth-order valence-corrected chi connectivity index (χ4v) is 8.81. The highest BCUT2D eigenvalue weighted by Gasteiger charge is 2.87. The van der Waals surface area contributed by atoms with E-state index in [9.17, 15) is 29.3 Å². The molecule has 35 heavy (non-hydrogen) atoms. The average molecular weight is 487 g/mol. The lowest BCUT2D eigenvalue weighted by molar-refractivity contribution is -0.457. The normalized spacial score (nSPS) is 47.3. The lowest BCUT2D eigenvalue weighted by Gasteiger charge is -2.74. The van der Waals surface area contributed by atoms with Crippen molar-refractivity contribution in [3.8, 4) is 0 Å². The zero-order chi connectivity index (χ0) is 25.1. The van der Waals surface area contributed by atoms with Crippen LogP contribution in [0.4, 0.5) is 4.39 Å². The first-order valence-electron chi connectivity index (χ1n) is 12.4. The number of fused-ring (bicyclic) bond motifs is 2. The maximum Gasteiger partial charge on any atom is 0.338 e. The van der Waals surface area contributed by atoms with Crippen molar-refractivity contribution in [3.05, 3.63) is 47.8 Å². The molecule has 188 valence electrons. The van der Waals surface area contributed by atoms with Crippen LogP contribution in [0, 0.1) is 39.8 Å². The van der Waals surface area contributed by atoms with E-state index in [1.807, 2.05) is 13.8 Å². The highest BCUT2D eigenvalue weighted by molar-refractivity contribution is 6.05. The number of Topliss-reactive ketones (excluding diaryl/α,β-unsaturated/α-hetero) is 1. The molecule has 2 saturated heterocycles. The Bertz CT molecular complexity index is 1130. The first-order chi connectivity index (χ1) is 16.4. The Morgan fingerprint density at radius 1 is 1.17 bits per heavy atom. The number of hydrogen-bond acceptors (Lipinski definition) is 7. The standard InChI is InChI=1S/C27H31FO7/c1-13-16-8-9-17-25-12-34-27(33,21(31)19(25)24(2,3)11-10-18(25)29)26(17,20(13)30)22(16)35-23(32)14-4-6-15(28)7-5-14/h4-7,16-19,21-22,29,31,33H,1,8-12H2,2-3H3/t16-,17-,18-,19+,21-,22+,25+,26-,27-/m0/s1. The molecule has 2 heterocycles. The van der Waals surface area contributed by atoms with Gasteiger partial charge < -0.3 is 24.8 Å². The molecule has 0 aromatic heterocycles. The van der Waals surface area contributed by atoms with Crippen molar-refractivity contribution in [3.63, 3.8) is 0 Å². The Kier molecular flexibility index (Phi) is 4.66. The summed E-state index contributed by atoms with van der Waals surface area (Å²) < 4.78 is 25.4. The molecule has 2 aliphatic heterocycles. The number of aliphatic hydroxyl groups excluding tert-OH is 2. The molecule has 0 amide bonds. The Labute approximate surface area is 202 Å². The number of halogens is 1. The Morgan fingerprint density at radius 3 is 2.54 bits per heavy atom. The van der Waals surface area contributed by atoms with E-state index in [4.69, 9.17) is 9.47 Å². The predicted molar refractivity (Wildman–Crippen MR) is 120 cm³/mol. The topological polar surface area (TPSA) is 113 Å². The minimum absolute atomic E-state index is 0.00525. The van der Waals surface area contributed by atoms with Crippen LogP contribution in [-0.4, -0.2) is 57.8 Å². The van der Waals surface area contributed by atoms with Crippen molar-refractivity contribution in [1.82, 2.24) is 0 Å². The SMILES string of the molecule is C=C1C(=O)[C@]23[C@H](OC(=O)c4ccc(F)cc4)[C@H]1CC[C@H]2[C@@]12CO[C@@]3(O)[C@@H](O)[C@@H]1C(C)(C)CC[C@@H]2O. The van der Waals surface area contributed by atoms with Gasteiger partial charge in [-0.3, -0.25) is 4.79 Å². The van der Waals surface area contributed by atoms with Crippen LogP contribution in [0.2, 0.25) is 0 Å². The third-order valence-corrected chi connectivity index (χ3v) is 10.2. The molecule has 1 aromatic rings. The molecule has 1 aromatic carbocycles. The number of benzene rings is 1. The molecule has 7 rings (SSSR count). The summed E-state index contributed by atoms with van der Waals surface area (Å²) in [5.74, 6) is -5.69. The van der Waals surface area contributed by atoms with E-state index in [1.54, 1.807) is 0 Å². The van der Waals surface area contributed by atoms with Crippen LogP contribution in [-0.2, 0) is 14.3 Å². The lowest BCUT2D eigenvalue weighted by Crippen LogP contribution is -2.85. The van der Waals surface area contributed by atoms with Gasteiger partial charge >= 0.3 is 5.97 Å². The molecule has 4 aliphatic carbocycles. The minimum Gasteiger partial charge on any atom is -0.457 e. The molecule has 6 fully saturated rings. The highest BCUT2D eigenvalue weighted by atomic mass is 19.1. The smallest absolute Gasteiger partial charge is 0.338 e. The number of aliphatic hydroxyl groups is 3. The van der Waals surface area contributed by atoms with Gasteiger partial charge in [-0.05, 0) is 66.9 Å². The van der Waals surface area contributed by atoms with Crippen molar-refractivity contribution in [1.29, 1.82) is 0 Å². The summed E-state index contributed by atoms with van der Waals surface area (Å²) in [5.41, 5.74) is -2.86. The summed E-state index contributed by atoms with van der Waals surface area (Å²) in [4.78, 5) is 27.2. The largest absolute Gasteiger partial charge is 0.457 e. The van der Waals surface area contributed by atoms with E-state index in [0.29, 0.717) is 25.7 Å². The minimum atomic E-state index is -2.30. The molecule has 6 aliphatic rings. The van der Waals surface area contributed by atoms with Crippen LogP contribution in [0.25, 0.3) is 0 Å². The Balaban J connectivity index is 1.52. The fraction of sp³-hybridized carbons (Fsp3) is 0.630. The number of carbonyl (C=O) groups is 2. The Morgan fingerprint density at radius 2 is 1.86 bits per heavy atom. The van der Waals surface area contributed by atoms with Crippen molar-refractivity contribution in [2.75, 3.05) is 6.61 Å². The highest BCUT2D eigenvalue weighted by Crippen LogP contribution is 2.76. The second-order valence-corrected chi connectivity index (χ2v) is 11.9. The molecule has 8 heteroatoms. The van der Waals surface area contributed by atoms with Crippen LogP contribution < -0.4 is 0 Å². The van der Waals surface area contributed by atoms with Gasteiger partial charge in [0.25, 0.3) is 0 Å². The summed E-state index contributed by atoms with van der Waals surface area (Å²) in [6.45, 7) is 8.02. The monoisotopic (exact) mass is 486 g/mol. The summed E-state index contributed by atoms with van der Waals surface area (Å²) in [7, 11) is 0. The maximum absolute atomic E-state index is 14.0. The van der Waals surface area contributed by atoms with Gasteiger partial charge in [-0.15, -0.1) is 0 Å². The molecule has 7 nitrogen and oxygen atoms in total. The number of esters is 1. The number of ketones is 1.